The Labute approximate surface area is 188 Å². The highest BCUT2D eigenvalue weighted by molar-refractivity contribution is 5.97. The molecule has 1 aliphatic rings. The van der Waals surface area contributed by atoms with E-state index >= 15 is 0 Å². The Hall–Kier alpha value is -3.80. The average molecular weight is 430 g/mol. The number of fused-ring (bicyclic) bond motifs is 1. The minimum atomic E-state index is -0.580. The number of amides is 2. The molecule has 0 saturated carbocycles. The molecule has 164 valence electrons. The van der Waals surface area contributed by atoms with Crippen LogP contribution in [0.3, 0.4) is 0 Å². The van der Waals surface area contributed by atoms with Crippen molar-refractivity contribution >= 4 is 28.9 Å². The maximum Gasteiger partial charge on any atom is 0.251 e. The van der Waals surface area contributed by atoms with Crippen molar-refractivity contribution in [2.75, 3.05) is 29.2 Å². The molecule has 0 aromatic heterocycles. The number of hydrogen-bond acceptors (Lipinski definition) is 4. The van der Waals surface area contributed by atoms with Crippen LogP contribution >= 0.6 is 0 Å². The van der Waals surface area contributed by atoms with Crippen LogP contribution in [0.1, 0.15) is 30.5 Å². The average Bonchev–Trinajstić information content (AvgIpc) is 2.82. The Kier molecular flexibility index (Phi) is 6.40. The van der Waals surface area contributed by atoms with Crippen molar-refractivity contribution in [3.05, 3.63) is 83.9 Å². The number of benzene rings is 3. The van der Waals surface area contributed by atoms with Crippen molar-refractivity contribution in [1.29, 1.82) is 0 Å². The van der Waals surface area contributed by atoms with Crippen LogP contribution in [0.25, 0.3) is 0 Å². The summed E-state index contributed by atoms with van der Waals surface area (Å²) in [4.78, 5) is 27.0. The third-order valence-electron chi connectivity index (χ3n) is 5.64. The van der Waals surface area contributed by atoms with E-state index in [0.29, 0.717) is 5.69 Å². The van der Waals surface area contributed by atoms with E-state index in [0.717, 1.165) is 47.6 Å². The summed E-state index contributed by atoms with van der Waals surface area (Å²) in [6.07, 6.45) is 1.83. The molecule has 0 saturated heterocycles. The van der Waals surface area contributed by atoms with Gasteiger partial charge in [0.1, 0.15) is 11.8 Å². The molecule has 2 amide bonds. The second kappa shape index (κ2) is 9.56. The molecule has 1 unspecified atom stereocenters. The highest BCUT2D eigenvalue weighted by Crippen LogP contribution is 2.31. The van der Waals surface area contributed by atoms with E-state index in [1.54, 1.807) is 14.0 Å². The molecule has 3 aromatic carbocycles. The van der Waals surface area contributed by atoms with Gasteiger partial charge < -0.3 is 20.3 Å². The van der Waals surface area contributed by atoms with E-state index in [9.17, 15) is 9.59 Å². The number of carbonyl (C=O) groups excluding carboxylic acids is 2. The smallest absolute Gasteiger partial charge is 0.251 e. The second-order valence-corrected chi connectivity index (χ2v) is 7.82. The molecule has 1 atom stereocenters. The van der Waals surface area contributed by atoms with Crippen LogP contribution in [0.2, 0.25) is 0 Å². The number of anilines is 3. The second-order valence-electron chi connectivity index (χ2n) is 7.82. The van der Waals surface area contributed by atoms with Crippen LogP contribution in [0, 0.1) is 0 Å². The number of hydrogen-bond donors (Lipinski definition) is 2. The van der Waals surface area contributed by atoms with E-state index < -0.39 is 6.04 Å². The topological polar surface area (TPSA) is 70.7 Å². The summed E-state index contributed by atoms with van der Waals surface area (Å²) < 4.78 is 5.19. The third kappa shape index (κ3) is 4.75. The molecular formula is C26H27N3O3. The van der Waals surface area contributed by atoms with Crippen LogP contribution in [-0.2, 0) is 16.0 Å². The predicted octanol–water partition coefficient (Wildman–Crippen LogP) is 4.79. The largest absolute Gasteiger partial charge is 0.497 e. The maximum atomic E-state index is 13.2. The molecule has 0 spiro atoms. The lowest BCUT2D eigenvalue weighted by atomic mass is 10.00. The van der Waals surface area contributed by atoms with Gasteiger partial charge in [0, 0.05) is 30.5 Å². The van der Waals surface area contributed by atoms with E-state index in [2.05, 4.69) is 10.6 Å². The van der Waals surface area contributed by atoms with Crippen molar-refractivity contribution < 1.29 is 14.3 Å². The number of methoxy groups -OCH3 is 1. The summed E-state index contributed by atoms with van der Waals surface area (Å²) in [5, 5.41) is 6.38. The molecular weight excluding hydrogens is 402 g/mol. The molecule has 6 heteroatoms. The normalized spacial score (nSPS) is 13.6. The number of aryl methyl sites for hydroxylation is 1. The Morgan fingerprint density at radius 3 is 2.38 bits per heavy atom. The fraction of sp³-hybridized carbons (Fsp3) is 0.231. The molecule has 4 rings (SSSR count). The van der Waals surface area contributed by atoms with Gasteiger partial charge in [-0.1, -0.05) is 30.3 Å². The zero-order valence-electron chi connectivity index (χ0n) is 18.3. The quantitative estimate of drug-likeness (QED) is 0.591. The first-order chi connectivity index (χ1) is 15.5. The van der Waals surface area contributed by atoms with Gasteiger partial charge >= 0.3 is 0 Å². The van der Waals surface area contributed by atoms with Gasteiger partial charge in [0.15, 0.2) is 0 Å². The van der Waals surface area contributed by atoms with Crippen LogP contribution in [0.5, 0.6) is 5.75 Å². The van der Waals surface area contributed by atoms with E-state index in [4.69, 9.17) is 4.74 Å². The number of ether oxygens (including phenoxy) is 1. The first-order valence-electron chi connectivity index (χ1n) is 10.7. The fourth-order valence-corrected chi connectivity index (χ4v) is 4.02. The minimum Gasteiger partial charge on any atom is -0.497 e. The van der Waals surface area contributed by atoms with Crippen molar-refractivity contribution in [3.63, 3.8) is 0 Å². The lowest BCUT2D eigenvalue weighted by Crippen LogP contribution is -2.33. The fourth-order valence-electron chi connectivity index (χ4n) is 4.02. The molecule has 6 nitrogen and oxygen atoms in total. The lowest BCUT2D eigenvalue weighted by Gasteiger charge is -2.29. The Bertz CT molecular complexity index is 1100. The zero-order valence-corrected chi connectivity index (χ0v) is 18.3. The van der Waals surface area contributed by atoms with Crippen LogP contribution in [-0.4, -0.2) is 25.5 Å². The summed E-state index contributed by atoms with van der Waals surface area (Å²) in [6.45, 7) is 2.34. The van der Waals surface area contributed by atoms with Crippen LogP contribution in [0.4, 0.5) is 17.1 Å². The van der Waals surface area contributed by atoms with Gasteiger partial charge in [-0.05, 0) is 66.4 Å². The van der Waals surface area contributed by atoms with Crippen molar-refractivity contribution in [2.24, 2.45) is 0 Å². The molecule has 32 heavy (non-hydrogen) atoms. The third-order valence-corrected chi connectivity index (χ3v) is 5.64. The molecule has 0 radical (unpaired) electrons. The Balaban J connectivity index is 1.59. The molecule has 1 aliphatic heterocycles. The van der Waals surface area contributed by atoms with Gasteiger partial charge in [-0.2, -0.15) is 0 Å². The highest BCUT2D eigenvalue weighted by atomic mass is 16.5. The van der Waals surface area contributed by atoms with Gasteiger partial charge in [-0.15, -0.1) is 0 Å². The van der Waals surface area contributed by atoms with Gasteiger partial charge in [0.25, 0.3) is 5.91 Å². The zero-order chi connectivity index (χ0) is 22.5. The van der Waals surface area contributed by atoms with Crippen molar-refractivity contribution in [3.8, 4) is 5.75 Å². The predicted molar refractivity (Wildman–Crippen MR) is 127 cm³/mol. The van der Waals surface area contributed by atoms with Crippen LogP contribution in [0.15, 0.2) is 72.8 Å². The summed E-state index contributed by atoms with van der Waals surface area (Å²) in [5.41, 5.74) is 4.46. The SMILES string of the molecule is COc1ccc(NC(=O)C(Nc2ccc3c(c2)CCCN3C(C)=O)c2ccccc2)cc1. The molecule has 0 bridgehead atoms. The molecule has 1 heterocycles. The first-order valence-corrected chi connectivity index (χ1v) is 10.7. The van der Waals surface area contributed by atoms with E-state index in [-0.39, 0.29) is 11.8 Å². The maximum absolute atomic E-state index is 13.2. The summed E-state index contributed by atoms with van der Waals surface area (Å²) in [5.74, 6) is 0.617. The monoisotopic (exact) mass is 429 g/mol. The summed E-state index contributed by atoms with van der Waals surface area (Å²) in [7, 11) is 1.61. The number of nitrogens with zero attached hydrogens (tertiary/aromatic N) is 1. The standard InChI is InChI=1S/C26H27N3O3/c1-18(30)29-16-6-9-20-17-22(12-15-24(20)29)27-25(19-7-4-3-5-8-19)26(31)28-21-10-13-23(32-2)14-11-21/h3-5,7-8,10-15,17,25,27H,6,9,16H2,1-2H3,(H,28,31). The van der Waals surface area contributed by atoms with Gasteiger partial charge in [-0.3, -0.25) is 9.59 Å². The Morgan fingerprint density at radius 1 is 0.969 bits per heavy atom. The number of nitrogens with one attached hydrogen (secondary N) is 2. The number of carbonyl (C=O) groups is 2. The van der Waals surface area contributed by atoms with E-state index in [1.807, 2.05) is 77.7 Å². The lowest BCUT2D eigenvalue weighted by molar-refractivity contribution is -0.117. The first kappa shape index (κ1) is 21.4. The molecule has 0 aliphatic carbocycles. The van der Waals surface area contributed by atoms with Crippen molar-refractivity contribution in [1.82, 2.24) is 0 Å². The Morgan fingerprint density at radius 2 is 1.69 bits per heavy atom. The van der Waals surface area contributed by atoms with Gasteiger partial charge in [-0.25, -0.2) is 0 Å². The summed E-state index contributed by atoms with van der Waals surface area (Å²) >= 11 is 0. The molecule has 2 N–H and O–H groups in total. The molecule has 3 aromatic rings. The molecule has 0 fully saturated rings. The van der Waals surface area contributed by atoms with Gasteiger partial charge in [0.2, 0.25) is 5.91 Å². The van der Waals surface area contributed by atoms with Crippen LogP contribution < -0.4 is 20.3 Å². The van der Waals surface area contributed by atoms with Crippen molar-refractivity contribution in [2.45, 2.75) is 25.8 Å². The number of rotatable bonds is 6. The van der Waals surface area contributed by atoms with Gasteiger partial charge in [0.05, 0.1) is 7.11 Å². The van der Waals surface area contributed by atoms with E-state index in [1.165, 1.54) is 0 Å². The highest BCUT2D eigenvalue weighted by Gasteiger charge is 2.23. The minimum absolute atomic E-state index is 0.0488. The summed E-state index contributed by atoms with van der Waals surface area (Å²) in [6, 6.07) is 22.2.